The lowest BCUT2D eigenvalue weighted by atomic mass is 10.0. The highest BCUT2D eigenvalue weighted by Gasteiger charge is 2.36. The molecule has 0 aromatic heterocycles. The van der Waals surface area contributed by atoms with Gasteiger partial charge in [0.05, 0.1) is 11.0 Å². The van der Waals surface area contributed by atoms with Gasteiger partial charge in [-0.2, -0.15) is 0 Å². The van der Waals surface area contributed by atoms with Crippen molar-refractivity contribution >= 4 is 17.3 Å². The molecule has 0 fully saturated rings. The average Bonchev–Trinajstić information content (AvgIpc) is 2.44. The molecule has 1 aliphatic heterocycles. The summed E-state index contributed by atoms with van der Waals surface area (Å²) in [7, 11) is 1.49. The Labute approximate surface area is 121 Å². The molecule has 1 heterocycles. The zero-order chi connectivity index (χ0) is 15.8. The van der Waals surface area contributed by atoms with Gasteiger partial charge in [-0.25, -0.2) is 4.79 Å². The summed E-state index contributed by atoms with van der Waals surface area (Å²) in [6.07, 6.45) is 0. The van der Waals surface area contributed by atoms with Crippen molar-refractivity contribution in [1.82, 2.24) is 0 Å². The third-order valence-corrected chi connectivity index (χ3v) is 3.56. The van der Waals surface area contributed by atoms with Crippen LogP contribution in [0, 0.1) is 10.1 Å². The monoisotopic (exact) mass is 296 g/mol. The van der Waals surface area contributed by atoms with Crippen molar-refractivity contribution < 1.29 is 24.3 Å². The number of aliphatic carboxylic acids is 1. The van der Waals surface area contributed by atoms with Gasteiger partial charge in [-0.15, -0.1) is 0 Å². The SMILES string of the molecule is CN(c1cc2c(cc1[N+](=O)[O-])OCCO2)C(C)(C)C(=O)O. The maximum absolute atomic E-state index is 11.3. The molecule has 1 N–H and O–H groups in total. The van der Waals surface area contributed by atoms with Crippen molar-refractivity contribution in [2.45, 2.75) is 19.4 Å². The van der Waals surface area contributed by atoms with Crippen LogP contribution in [0.4, 0.5) is 11.4 Å². The fourth-order valence-corrected chi connectivity index (χ4v) is 1.93. The second-order valence-electron chi connectivity index (χ2n) is 5.16. The van der Waals surface area contributed by atoms with Crippen LogP contribution < -0.4 is 14.4 Å². The Kier molecular flexibility index (Phi) is 3.63. The molecule has 1 aromatic carbocycles. The van der Waals surface area contributed by atoms with Crippen molar-refractivity contribution in [2.24, 2.45) is 0 Å². The first kappa shape index (κ1) is 14.9. The summed E-state index contributed by atoms with van der Waals surface area (Å²) >= 11 is 0. The van der Waals surface area contributed by atoms with E-state index in [-0.39, 0.29) is 11.4 Å². The molecule has 0 amide bonds. The van der Waals surface area contributed by atoms with Gasteiger partial charge in [0, 0.05) is 13.1 Å². The van der Waals surface area contributed by atoms with Crippen molar-refractivity contribution in [1.29, 1.82) is 0 Å². The molecule has 0 aliphatic carbocycles. The molecule has 21 heavy (non-hydrogen) atoms. The topological polar surface area (TPSA) is 102 Å². The summed E-state index contributed by atoms with van der Waals surface area (Å²) in [5, 5.41) is 20.5. The van der Waals surface area contributed by atoms with E-state index in [4.69, 9.17) is 9.47 Å². The number of fused-ring (bicyclic) bond motifs is 1. The lowest BCUT2D eigenvalue weighted by molar-refractivity contribution is -0.384. The summed E-state index contributed by atoms with van der Waals surface area (Å²) in [6.45, 7) is 3.60. The number of nitro groups is 1. The fraction of sp³-hybridized carbons (Fsp3) is 0.462. The predicted octanol–water partition coefficient (Wildman–Crippen LogP) is 1.67. The lowest BCUT2D eigenvalue weighted by Crippen LogP contribution is -2.48. The highest BCUT2D eigenvalue weighted by molar-refractivity contribution is 5.84. The van der Waals surface area contributed by atoms with Gasteiger partial charge in [0.15, 0.2) is 11.5 Å². The van der Waals surface area contributed by atoms with Gasteiger partial charge in [-0.1, -0.05) is 0 Å². The van der Waals surface area contributed by atoms with Crippen LogP contribution in [-0.4, -0.2) is 41.8 Å². The van der Waals surface area contributed by atoms with Crippen LogP contribution in [0.3, 0.4) is 0 Å². The molecule has 0 atom stereocenters. The maximum atomic E-state index is 11.3. The Hall–Kier alpha value is -2.51. The van der Waals surface area contributed by atoms with Crippen LogP contribution in [0.1, 0.15) is 13.8 Å². The van der Waals surface area contributed by atoms with Gasteiger partial charge < -0.3 is 19.5 Å². The number of carboxylic acid groups (broad SMARTS) is 1. The Morgan fingerprint density at radius 3 is 2.33 bits per heavy atom. The number of carboxylic acids is 1. The van der Waals surface area contributed by atoms with E-state index < -0.39 is 16.4 Å². The van der Waals surface area contributed by atoms with Gasteiger partial charge in [-0.3, -0.25) is 10.1 Å². The third-order valence-electron chi connectivity index (χ3n) is 3.56. The molecule has 0 saturated carbocycles. The molecule has 0 saturated heterocycles. The Bertz CT molecular complexity index is 599. The minimum Gasteiger partial charge on any atom is -0.486 e. The van der Waals surface area contributed by atoms with Crippen LogP contribution >= 0.6 is 0 Å². The number of likely N-dealkylation sites (N-methyl/N-ethyl adjacent to an activating group) is 1. The van der Waals surface area contributed by atoms with Gasteiger partial charge >= 0.3 is 5.97 Å². The summed E-state index contributed by atoms with van der Waals surface area (Å²) in [6, 6.07) is 2.70. The molecule has 114 valence electrons. The van der Waals surface area contributed by atoms with Crippen molar-refractivity contribution in [2.75, 3.05) is 25.2 Å². The van der Waals surface area contributed by atoms with Crippen LogP contribution in [0.2, 0.25) is 0 Å². The smallest absolute Gasteiger partial charge is 0.328 e. The van der Waals surface area contributed by atoms with Crippen LogP contribution in [0.15, 0.2) is 12.1 Å². The first-order valence-electron chi connectivity index (χ1n) is 6.30. The average molecular weight is 296 g/mol. The van der Waals surface area contributed by atoms with Crippen molar-refractivity contribution in [3.8, 4) is 11.5 Å². The number of benzene rings is 1. The largest absolute Gasteiger partial charge is 0.486 e. The molecular weight excluding hydrogens is 280 g/mol. The summed E-state index contributed by atoms with van der Waals surface area (Å²) in [5.41, 5.74) is -1.37. The number of ether oxygens (including phenoxy) is 2. The Morgan fingerprint density at radius 2 is 1.86 bits per heavy atom. The fourth-order valence-electron chi connectivity index (χ4n) is 1.93. The standard InChI is InChI=1S/C13H16N2O6/c1-13(2,12(16)17)14(3)8-6-10-11(21-5-4-20-10)7-9(8)15(18)19/h6-7H,4-5H2,1-3H3,(H,16,17). The number of hydrogen-bond donors (Lipinski definition) is 1. The second kappa shape index (κ2) is 5.12. The first-order valence-corrected chi connectivity index (χ1v) is 6.30. The zero-order valence-electron chi connectivity index (χ0n) is 12.0. The van der Waals surface area contributed by atoms with E-state index >= 15 is 0 Å². The number of carbonyl (C=O) groups is 1. The van der Waals surface area contributed by atoms with E-state index in [1.165, 1.54) is 37.9 Å². The van der Waals surface area contributed by atoms with Crippen LogP contribution in [0.25, 0.3) is 0 Å². The minimum absolute atomic E-state index is 0.164. The first-order chi connectivity index (χ1) is 9.75. The molecule has 1 aliphatic rings. The molecule has 0 radical (unpaired) electrons. The summed E-state index contributed by atoms with van der Waals surface area (Å²) < 4.78 is 10.7. The molecule has 0 spiro atoms. The van der Waals surface area contributed by atoms with Gasteiger partial charge in [0.25, 0.3) is 5.69 Å². The molecule has 0 unspecified atom stereocenters. The highest BCUT2D eigenvalue weighted by atomic mass is 16.6. The van der Waals surface area contributed by atoms with E-state index in [0.29, 0.717) is 24.7 Å². The minimum atomic E-state index is -1.31. The van der Waals surface area contributed by atoms with Gasteiger partial charge in [0.1, 0.15) is 24.4 Å². The van der Waals surface area contributed by atoms with E-state index in [0.717, 1.165) is 0 Å². The normalized spacial score (nSPS) is 13.7. The Morgan fingerprint density at radius 1 is 1.33 bits per heavy atom. The molecule has 2 rings (SSSR count). The number of nitro benzene ring substituents is 1. The van der Waals surface area contributed by atoms with E-state index in [2.05, 4.69) is 0 Å². The van der Waals surface area contributed by atoms with Crippen LogP contribution in [0.5, 0.6) is 11.5 Å². The van der Waals surface area contributed by atoms with E-state index in [1.54, 1.807) is 0 Å². The van der Waals surface area contributed by atoms with Crippen molar-refractivity contribution in [3.63, 3.8) is 0 Å². The number of nitrogens with zero attached hydrogens (tertiary/aromatic N) is 2. The number of rotatable bonds is 4. The number of anilines is 1. The summed E-state index contributed by atoms with van der Waals surface area (Å²) in [5.74, 6) is -0.428. The summed E-state index contributed by atoms with van der Waals surface area (Å²) in [4.78, 5) is 23.4. The quantitative estimate of drug-likeness (QED) is 0.665. The molecule has 8 heteroatoms. The van der Waals surface area contributed by atoms with E-state index in [1.807, 2.05) is 0 Å². The zero-order valence-corrected chi connectivity index (χ0v) is 12.0. The maximum Gasteiger partial charge on any atom is 0.328 e. The Balaban J connectivity index is 2.56. The third kappa shape index (κ3) is 2.56. The van der Waals surface area contributed by atoms with Crippen molar-refractivity contribution in [3.05, 3.63) is 22.2 Å². The highest BCUT2D eigenvalue weighted by Crippen LogP contribution is 2.42. The molecule has 8 nitrogen and oxygen atoms in total. The number of hydrogen-bond acceptors (Lipinski definition) is 6. The van der Waals surface area contributed by atoms with E-state index in [9.17, 15) is 20.0 Å². The predicted molar refractivity (Wildman–Crippen MR) is 74.2 cm³/mol. The molecule has 1 aromatic rings. The van der Waals surface area contributed by atoms with Gasteiger partial charge in [0.2, 0.25) is 0 Å². The molecular formula is C13H16N2O6. The second-order valence-corrected chi connectivity index (χ2v) is 5.16. The van der Waals surface area contributed by atoms with Crippen LogP contribution in [-0.2, 0) is 4.79 Å². The molecule has 0 bridgehead atoms. The lowest BCUT2D eigenvalue weighted by Gasteiger charge is -2.33. The van der Waals surface area contributed by atoms with Gasteiger partial charge in [-0.05, 0) is 13.8 Å².